The Morgan fingerprint density at radius 1 is 1.21 bits per heavy atom. The number of aliphatic hydroxyl groups excluding tert-OH is 1. The fraction of sp³-hybridized carbons (Fsp3) is 0.440. The maximum absolute atomic E-state index is 13.2. The molecule has 184 valence electrons. The van der Waals surface area contributed by atoms with E-state index in [2.05, 4.69) is 16.0 Å². The van der Waals surface area contributed by atoms with Gasteiger partial charge in [-0.15, -0.1) is 0 Å². The number of nitrogens with zero attached hydrogens (tertiary/aromatic N) is 1. The molecule has 9 nitrogen and oxygen atoms in total. The van der Waals surface area contributed by atoms with Gasteiger partial charge in [0.2, 0.25) is 5.91 Å². The van der Waals surface area contributed by atoms with Gasteiger partial charge in [0, 0.05) is 35.9 Å². The van der Waals surface area contributed by atoms with E-state index in [0.29, 0.717) is 41.5 Å². The number of aliphatic hydroxyl groups is 1. The molecular formula is C25H34N4O5. The number of hydrogen-bond donors (Lipinski definition) is 4. The lowest BCUT2D eigenvalue weighted by Gasteiger charge is -2.32. The Labute approximate surface area is 200 Å². The number of fused-ring (bicyclic) bond motifs is 1. The molecule has 0 aromatic heterocycles. The van der Waals surface area contributed by atoms with E-state index < -0.39 is 6.03 Å². The van der Waals surface area contributed by atoms with E-state index in [0.717, 1.165) is 0 Å². The van der Waals surface area contributed by atoms with Crippen molar-refractivity contribution in [3.63, 3.8) is 0 Å². The number of ether oxygens (including phenoxy) is 2. The van der Waals surface area contributed by atoms with Crippen LogP contribution < -0.4 is 25.4 Å². The molecule has 0 fully saturated rings. The minimum Gasteiger partial charge on any atom is -0.497 e. The summed E-state index contributed by atoms with van der Waals surface area (Å²) in [7, 11) is 3.44. The average Bonchev–Trinajstić information content (AvgIpc) is 2.87. The van der Waals surface area contributed by atoms with Crippen molar-refractivity contribution in [2.24, 2.45) is 5.92 Å². The van der Waals surface area contributed by atoms with E-state index >= 15 is 0 Å². The van der Waals surface area contributed by atoms with Crippen molar-refractivity contribution in [1.82, 2.24) is 10.2 Å². The Morgan fingerprint density at radius 2 is 1.88 bits per heavy atom. The van der Waals surface area contributed by atoms with E-state index in [-0.39, 0.29) is 37.0 Å². The molecule has 2 aromatic carbocycles. The Kier molecular flexibility index (Phi) is 8.72. The van der Waals surface area contributed by atoms with Crippen LogP contribution in [0.4, 0.5) is 16.2 Å². The molecule has 0 saturated heterocycles. The molecule has 3 rings (SSSR count). The zero-order valence-corrected chi connectivity index (χ0v) is 20.1. The quantitative estimate of drug-likeness (QED) is 0.495. The molecule has 0 spiro atoms. The molecule has 0 aliphatic carbocycles. The molecule has 0 radical (unpaired) electrons. The normalized spacial score (nSPS) is 19.1. The van der Waals surface area contributed by atoms with Crippen molar-refractivity contribution in [3.05, 3.63) is 48.0 Å². The minimum absolute atomic E-state index is 0.0458. The highest BCUT2D eigenvalue weighted by molar-refractivity contribution is 6.00. The van der Waals surface area contributed by atoms with Gasteiger partial charge in [-0.2, -0.15) is 0 Å². The Hall–Kier alpha value is -3.30. The van der Waals surface area contributed by atoms with E-state index in [1.807, 2.05) is 20.9 Å². The summed E-state index contributed by atoms with van der Waals surface area (Å²) in [6.45, 7) is 4.85. The van der Waals surface area contributed by atoms with E-state index in [1.54, 1.807) is 54.5 Å². The number of hydrogen-bond acceptors (Lipinski definition) is 6. The second kappa shape index (κ2) is 11.7. The minimum atomic E-state index is -0.405. The number of methoxy groups -OCH3 is 1. The maximum Gasteiger partial charge on any atom is 0.323 e. The molecule has 0 unspecified atom stereocenters. The molecular weight excluding hydrogens is 436 g/mol. The van der Waals surface area contributed by atoms with Crippen molar-refractivity contribution in [2.75, 3.05) is 44.5 Å². The van der Waals surface area contributed by atoms with Crippen LogP contribution in [0.25, 0.3) is 0 Å². The first-order valence-corrected chi connectivity index (χ1v) is 11.4. The van der Waals surface area contributed by atoms with Crippen LogP contribution in [0.5, 0.6) is 11.5 Å². The second-order valence-electron chi connectivity index (χ2n) is 8.58. The Bertz CT molecular complexity index is 982. The third-order valence-corrected chi connectivity index (χ3v) is 5.93. The van der Waals surface area contributed by atoms with Gasteiger partial charge in [0.15, 0.2) is 0 Å². The van der Waals surface area contributed by atoms with Crippen LogP contribution in [0, 0.1) is 5.92 Å². The number of rotatable bonds is 7. The highest BCUT2D eigenvalue weighted by Crippen LogP contribution is 2.29. The molecule has 2 aromatic rings. The zero-order valence-electron chi connectivity index (χ0n) is 20.1. The van der Waals surface area contributed by atoms with Crippen molar-refractivity contribution >= 4 is 23.3 Å². The molecule has 9 heteroatoms. The number of carbonyl (C=O) groups is 2. The van der Waals surface area contributed by atoms with Gasteiger partial charge in [0.05, 0.1) is 26.2 Å². The van der Waals surface area contributed by atoms with Gasteiger partial charge in [0.1, 0.15) is 17.6 Å². The average molecular weight is 471 g/mol. The van der Waals surface area contributed by atoms with Gasteiger partial charge in [-0.05, 0) is 56.4 Å². The van der Waals surface area contributed by atoms with Crippen LogP contribution in [0.3, 0.4) is 0 Å². The third-order valence-electron chi connectivity index (χ3n) is 5.93. The summed E-state index contributed by atoms with van der Waals surface area (Å²) in [6.07, 6.45) is -0.0610. The number of likely N-dealkylation sites (N-methyl/N-ethyl adjacent to an activating group) is 1. The molecule has 0 bridgehead atoms. The summed E-state index contributed by atoms with van der Waals surface area (Å²) in [5, 5.41) is 18.4. The van der Waals surface area contributed by atoms with Crippen LogP contribution in [-0.2, 0) is 11.2 Å². The van der Waals surface area contributed by atoms with Crippen LogP contribution in [0.15, 0.2) is 42.5 Å². The molecule has 3 atom stereocenters. The molecule has 4 N–H and O–H groups in total. The zero-order chi connectivity index (χ0) is 24.7. The summed E-state index contributed by atoms with van der Waals surface area (Å²) in [5.41, 5.74) is 1.84. The molecule has 1 aliphatic rings. The van der Waals surface area contributed by atoms with Crippen molar-refractivity contribution in [2.45, 2.75) is 32.4 Å². The topological polar surface area (TPSA) is 112 Å². The van der Waals surface area contributed by atoms with E-state index in [4.69, 9.17) is 9.47 Å². The van der Waals surface area contributed by atoms with Crippen molar-refractivity contribution < 1.29 is 24.2 Å². The van der Waals surface area contributed by atoms with Gasteiger partial charge >= 0.3 is 6.03 Å². The highest BCUT2D eigenvalue weighted by atomic mass is 16.5. The lowest BCUT2D eigenvalue weighted by atomic mass is 10.0. The number of urea groups is 1. The smallest absolute Gasteiger partial charge is 0.323 e. The first-order chi connectivity index (χ1) is 16.3. The summed E-state index contributed by atoms with van der Waals surface area (Å²) in [5.74, 6) is 1.26. The Morgan fingerprint density at radius 3 is 2.53 bits per heavy atom. The third kappa shape index (κ3) is 6.39. The van der Waals surface area contributed by atoms with Crippen LogP contribution in [-0.4, -0.2) is 67.9 Å². The number of amides is 3. The number of anilines is 2. The first-order valence-electron chi connectivity index (χ1n) is 11.4. The monoisotopic (exact) mass is 470 g/mol. The predicted molar refractivity (Wildman–Crippen MR) is 132 cm³/mol. The van der Waals surface area contributed by atoms with Gasteiger partial charge in [0.25, 0.3) is 0 Å². The SMILES string of the molecule is CNC[C@H]1Oc2ccc(NC(=O)Nc3ccc(OC)cc3)cc2CC(=O)N([C@@H](C)CO)C[C@@H]1C. The summed E-state index contributed by atoms with van der Waals surface area (Å²) >= 11 is 0. The molecule has 1 heterocycles. The number of nitrogens with one attached hydrogen (secondary N) is 3. The molecule has 34 heavy (non-hydrogen) atoms. The molecule has 3 amide bonds. The van der Waals surface area contributed by atoms with Crippen LogP contribution >= 0.6 is 0 Å². The largest absolute Gasteiger partial charge is 0.497 e. The lowest BCUT2D eigenvalue weighted by Crippen LogP contribution is -2.47. The van der Waals surface area contributed by atoms with Crippen LogP contribution in [0.1, 0.15) is 19.4 Å². The first kappa shape index (κ1) is 25.3. The predicted octanol–water partition coefficient (Wildman–Crippen LogP) is 2.71. The van der Waals surface area contributed by atoms with Gasteiger partial charge < -0.3 is 35.4 Å². The summed E-state index contributed by atoms with van der Waals surface area (Å²) < 4.78 is 11.4. The molecule has 0 saturated carbocycles. The van der Waals surface area contributed by atoms with Crippen molar-refractivity contribution in [1.29, 1.82) is 0 Å². The maximum atomic E-state index is 13.2. The van der Waals surface area contributed by atoms with E-state index in [9.17, 15) is 14.7 Å². The van der Waals surface area contributed by atoms with Crippen LogP contribution in [0.2, 0.25) is 0 Å². The second-order valence-corrected chi connectivity index (χ2v) is 8.58. The summed E-state index contributed by atoms with van der Waals surface area (Å²) in [4.78, 5) is 27.4. The highest BCUT2D eigenvalue weighted by Gasteiger charge is 2.30. The van der Waals surface area contributed by atoms with Gasteiger partial charge in [-0.3, -0.25) is 4.79 Å². The standard InChI is InChI=1S/C25H34N4O5/c1-16-14-29(17(2)15-30)24(31)12-18-11-20(7-10-22(18)34-23(16)13-26-3)28-25(32)27-19-5-8-21(33-4)9-6-19/h5-11,16-17,23,26,30H,12-15H2,1-4H3,(H2,27,28,32)/t16-,17-,23+/m0/s1. The number of benzene rings is 2. The van der Waals surface area contributed by atoms with Crippen molar-refractivity contribution in [3.8, 4) is 11.5 Å². The fourth-order valence-corrected chi connectivity index (χ4v) is 3.92. The summed E-state index contributed by atoms with van der Waals surface area (Å²) in [6, 6.07) is 11.6. The molecule has 1 aliphatic heterocycles. The Balaban J connectivity index is 1.81. The van der Waals surface area contributed by atoms with Gasteiger partial charge in [-0.1, -0.05) is 6.92 Å². The lowest BCUT2D eigenvalue weighted by molar-refractivity contribution is -0.134. The van der Waals surface area contributed by atoms with Gasteiger partial charge in [-0.25, -0.2) is 4.79 Å². The van der Waals surface area contributed by atoms with E-state index in [1.165, 1.54) is 0 Å². The number of carbonyl (C=O) groups excluding carboxylic acids is 2. The fourth-order valence-electron chi connectivity index (χ4n) is 3.92.